The average Bonchev–Trinajstić information content (AvgIpc) is 2.49. The van der Waals surface area contributed by atoms with Crippen LogP contribution < -0.4 is 4.90 Å². The highest BCUT2D eigenvalue weighted by Crippen LogP contribution is 2.19. The molecule has 1 aromatic rings. The molecule has 72 valence electrons. The summed E-state index contributed by atoms with van der Waals surface area (Å²) in [4.78, 5) is 2.34. The maximum absolute atomic E-state index is 4.18. The first kappa shape index (κ1) is 8.53. The zero-order valence-corrected chi connectivity index (χ0v) is 8.32. The molecule has 2 rings (SSSR count). The molecule has 1 aromatic heterocycles. The zero-order chi connectivity index (χ0) is 9.26. The van der Waals surface area contributed by atoms with Crippen LogP contribution in [-0.2, 0) is 7.05 Å². The SMILES string of the molecule is Cc1c(N2CCCCC2)nnn1C. The van der Waals surface area contributed by atoms with Crippen LogP contribution in [0.1, 0.15) is 25.0 Å². The number of aromatic nitrogens is 3. The summed E-state index contributed by atoms with van der Waals surface area (Å²) in [6, 6.07) is 0. The van der Waals surface area contributed by atoms with Crippen LogP contribution in [0.15, 0.2) is 0 Å². The standard InChI is InChI=1S/C9H16N4/c1-8-9(10-11-12(8)2)13-6-4-3-5-7-13/h3-7H2,1-2H3. The second-order valence-corrected chi connectivity index (χ2v) is 3.67. The lowest BCUT2D eigenvalue weighted by Gasteiger charge is -2.26. The first-order chi connectivity index (χ1) is 6.29. The summed E-state index contributed by atoms with van der Waals surface area (Å²) in [7, 11) is 1.94. The predicted molar refractivity (Wildman–Crippen MR) is 51.8 cm³/mol. The Kier molecular flexibility index (Phi) is 2.20. The van der Waals surface area contributed by atoms with Crippen LogP contribution in [0.3, 0.4) is 0 Å². The Morgan fingerprint density at radius 3 is 2.38 bits per heavy atom. The van der Waals surface area contributed by atoms with Gasteiger partial charge in [0.15, 0.2) is 5.82 Å². The molecule has 1 aliphatic heterocycles. The third kappa shape index (κ3) is 1.53. The lowest BCUT2D eigenvalue weighted by atomic mass is 10.1. The Morgan fingerprint density at radius 1 is 1.15 bits per heavy atom. The largest absolute Gasteiger partial charge is 0.354 e. The van der Waals surface area contributed by atoms with Crippen molar-refractivity contribution in [2.45, 2.75) is 26.2 Å². The highest BCUT2D eigenvalue weighted by atomic mass is 15.5. The van der Waals surface area contributed by atoms with Gasteiger partial charge in [-0.25, -0.2) is 0 Å². The van der Waals surface area contributed by atoms with E-state index in [2.05, 4.69) is 22.1 Å². The van der Waals surface area contributed by atoms with Crippen molar-refractivity contribution in [3.63, 3.8) is 0 Å². The normalized spacial score (nSPS) is 17.8. The van der Waals surface area contributed by atoms with Gasteiger partial charge >= 0.3 is 0 Å². The molecule has 13 heavy (non-hydrogen) atoms. The van der Waals surface area contributed by atoms with Gasteiger partial charge in [0.05, 0.1) is 5.69 Å². The molecule has 0 aromatic carbocycles. The second-order valence-electron chi connectivity index (χ2n) is 3.67. The van der Waals surface area contributed by atoms with E-state index in [4.69, 9.17) is 0 Å². The van der Waals surface area contributed by atoms with Gasteiger partial charge in [-0.2, -0.15) is 0 Å². The molecule has 0 N–H and O–H groups in total. The second kappa shape index (κ2) is 3.36. The van der Waals surface area contributed by atoms with Crippen LogP contribution in [0, 0.1) is 6.92 Å². The van der Waals surface area contributed by atoms with E-state index in [1.807, 2.05) is 11.7 Å². The molecule has 0 atom stereocenters. The van der Waals surface area contributed by atoms with Crippen LogP contribution in [0.5, 0.6) is 0 Å². The third-order valence-corrected chi connectivity index (χ3v) is 2.74. The van der Waals surface area contributed by atoms with E-state index in [-0.39, 0.29) is 0 Å². The van der Waals surface area contributed by atoms with Crippen LogP contribution >= 0.6 is 0 Å². The Bertz CT molecular complexity index is 286. The van der Waals surface area contributed by atoms with E-state index < -0.39 is 0 Å². The van der Waals surface area contributed by atoms with Crippen molar-refractivity contribution >= 4 is 5.82 Å². The molecule has 2 heterocycles. The van der Waals surface area contributed by atoms with E-state index in [1.165, 1.54) is 25.0 Å². The van der Waals surface area contributed by atoms with Gasteiger partial charge in [0.1, 0.15) is 0 Å². The maximum atomic E-state index is 4.18. The monoisotopic (exact) mass is 180 g/mol. The van der Waals surface area contributed by atoms with Gasteiger partial charge < -0.3 is 4.90 Å². The van der Waals surface area contributed by atoms with Gasteiger partial charge in [-0.15, -0.1) is 5.10 Å². The van der Waals surface area contributed by atoms with Gasteiger partial charge in [-0.05, 0) is 26.2 Å². The third-order valence-electron chi connectivity index (χ3n) is 2.74. The number of anilines is 1. The predicted octanol–water partition coefficient (Wildman–Crippen LogP) is 1.11. The summed E-state index contributed by atoms with van der Waals surface area (Å²) >= 11 is 0. The molecule has 1 fully saturated rings. The number of hydrogen-bond acceptors (Lipinski definition) is 3. The lowest BCUT2D eigenvalue weighted by molar-refractivity contribution is 0.572. The minimum absolute atomic E-state index is 1.07. The molecule has 0 amide bonds. The summed E-state index contributed by atoms with van der Waals surface area (Å²) in [6.07, 6.45) is 3.93. The average molecular weight is 180 g/mol. The van der Waals surface area contributed by atoms with E-state index >= 15 is 0 Å². The molecule has 4 heteroatoms. The summed E-state index contributed by atoms with van der Waals surface area (Å²) in [6.45, 7) is 4.35. The topological polar surface area (TPSA) is 34.0 Å². The van der Waals surface area contributed by atoms with Gasteiger partial charge in [-0.3, -0.25) is 4.68 Å². The summed E-state index contributed by atoms with van der Waals surface area (Å²) in [5, 5.41) is 8.19. The van der Waals surface area contributed by atoms with Crippen molar-refractivity contribution < 1.29 is 0 Å². The van der Waals surface area contributed by atoms with Gasteiger partial charge in [0.25, 0.3) is 0 Å². The minimum Gasteiger partial charge on any atom is -0.354 e. The summed E-state index contributed by atoms with van der Waals surface area (Å²) < 4.78 is 1.84. The summed E-state index contributed by atoms with van der Waals surface area (Å²) in [5.41, 5.74) is 1.17. The molecule has 0 radical (unpaired) electrons. The van der Waals surface area contributed by atoms with Crippen molar-refractivity contribution in [2.75, 3.05) is 18.0 Å². The fourth-order valence-electron chi connectivity index (χ4n) is 1.79. The van der Waals surface area contributed by atoms with Gasteiger partial charge in [0.2, 0.25) is 0 Å². The van der Waals surface area contributed by atoms with Crippen molar-refractivity contribution in [1.29, 1.82) is 0 Å². The molecule has 0 bridgehead atoms. The fourth-order valence-corrected chi connectivity index (χ4v) is 1.79. The van der Waals surface area contributed by atoms with Crippen molar-refractivity contribution in [3.8, 4) is 0 Å². The molecule has 0 aliphatic carbocycles. The van der Waals surface area contributed by atoms with Crippen LogP contribution in [-0.4, -0.2) is 28.1 Å². The van der Waals surface area contributed by atoms with E-state index in [9.17, 15) is 0 Å². The van der Waals surface area contributed by atoms with Crippen LogP contribution in [0.25, 0.3) is 0 Å². The molecule has 0 saturated carbocycles. The highest BCUT2D eigenvalue weighted by Gasteiger charge is 2.16. The fraction of sp³-hybridized carbons (Fsp3) is 0.778. The Balaban J connectivity index is 2.18. The molecule has 1 saturated heterocycles. The Hall–Kier alpha value is -1.06. The molecule has 0 spiro atoms. The zero-order valence-electron chi connectivity index (χ0n) is 8.32. The lowest BCUT2D eigenvalue weighted by Crippen LogP contribution is -2.30. The summed E-state index contributed by atoms with van der Waals surface area (Å²) in [5.74, 6) is 1.07. The Labute approximate surface area is 78.5 Å². The number of piperidine rings is 1. The molecule has 0 unspecified atom stereocenters. The van der Waals surface area contributed by atoms with Crippen LogP contribution in [0.4, 0.5) is 5.82 Å². The van der Waals surface area contributed by atoms with Crippen LogP contribution in [0.2, 0.25) is 0 Å². The van der Waals surface area contributed by atoms with E-state index in [0.717, 1.165) is 18.9 Å². The molecule has 4 nitrogen and oxygen atoms in total. The molecule has 1 aliphatic rings. The van der Waals surface area contributed by atoms with E-state index in [1.54, 1.807) is 0 Å². The molecular weight excluding hydrogens is 164 g/mol. The Morgan fingerprint density at radius 2 is 1.85 bits per heavy atom. The minimum atomic E-state index is 1.07. The smallest absolute Gasteiger partial charge is 0.174 e. The molecular formula is C9H16N4. The number of nitrogens with zero attached hydrogens (tertiary/aromatic N) is 4. The maximum Gasteiger partial charge on any atom is 0.174 e. The first-order valence-electron chi connectivity index (χ1n) is 4.90. The number of aryl methyl sites for hydroxylation is 1. The van der Waals surface area contributed by atoms with Gasteiger partial charge in [-0.1, -0.05) is 5.21 Å². The van der Waals surface area contributed by atoms with Gasteiger partial charge in [0, 0.05) is 20.1 Å². The van der Waals surface area contributed by atoms with Crippen molar-refractivity contribution in [3.05, 3.63) is 5.69 Å². The van der Waals surface area contributed by atoms with Crippen molar-refractivity contribution in [1.82, 2.24) is 15.0 Å². The number of hydrogen-bond donors (Lipinski definition) is 0. The number of rotatable bonds is 1. The van der Waals surface area contributed by atoms with Crippen molar-refractivity contribution in [2.24, 2.45) is 7.05 Å². The van der Waals surface area contributed by atoms with E-state index in [0.29, 0.717) is 0 Å². The highest BCUT2D eigenvalue weighted by molar-refractivity contribution is 5.42. The quantitative estimate of drug-likeness (QED) is 0.649. The first-order valence-corrected chi connectivity index (χ1v) is 4.90.